The predicted molar refractivity (Wildman–Crippen MR) is 77.5 cm³/mol. The van der Waals surface area contributed by atoms with Crippen molar-refractivity contribution in [2.24, 2.45) is 16.7 Å². The topological polar surface area (TPSA) is 29.1 Å². The molecule has 0 atom stereocenters. The third-order valence-electron chi connectivity index (χ3n) is 4.87. The summed E-state index contributed by atoms with van der Waals surface area (Å²) in [6, 6.07) is 7.48. The van der Waals surface area contributed by atoms with Crippen molar-refractivity contribution in [2.75, 3.05) is 6.54 Å². The summed E-state index contributed by atoms with van der Waals surface area (Å²) in [7, 11) is 0. The second-order valence-electron chi connectivity index (χ2n) is 6.22. The van der Waals surface area contributed by atoms with E-state index in [4.69, 9.17) is 0 Å². The van der Waals surface area contributed by atoms with Crippen molar-refractivity contribution in [1.82, 2.24) is 5.32 Å². The second-order valence-corrected chi connectivity index (χ2v) is 7.13. The van der Waals surface area contributed by atoms with Crippen LogP contribution in [-0.4, -0.2) is 12.5 Å². The normalized spacial score (nSPS) is 20.5. The molecule has 1 fully saturated rings. The zero-order chi connectivity index (χ0) is 13.6. The minimum absolute atomic E-state index is 0.00907. The molecule has 1 aliphatic rings. The number of carbonyl (C=O) groups is 1. The van der Waals surface area contributed by atoms with E-state index in [0.29, 0.717) is 22.3 Å². The van der Waals surface area contributed by atoms with E-state index in [-0.39, 0.29) is 5.91 Å². The third-order valence-corrected chi connectivity index (χ3v) is 5.37. The predicted octanol–water partition coefficient (Wildman–Crippen LogP) is 3.86. The van der Waals surface area contributed by atoms with Gasteiger partial charge >= 0.3 is 0 Å². The van der Waals surface area contributed by atoms with Gasteiger partial charge in [0.25, 0.3) is 5.91 Å². The molecule has 1 aromatic rings. The molecule has 0 radical (unpaired) electrons. The van der Waals surface area contributed by atoms with E-state index in [1.807, 2.05) is 24.3 Å². The number of carbonyl (C=O) groups excluding carboxylic acids is 1. The Morgan fingerprint density at radius 1 is 1.28 bits per heavy atom. The van der Waals surface area contributed by atoms with Gasteiger partial charge in [-0.1, -0.05) is 49.7 Å². The Bertz CT molecular complexity index is 465. The Balaban J connectivity index is 1.95. The van der Waals surface area contributed by atoms with Crippen LogP contribution in [0.25, 0.3) is 0 Å². The van der Waals surface area contributed by atoms with Crippen LogP contribution in [0.1, 0.15) is 38.1 Å². The Morgan fingerprint density at radius 3 is 2.39 bits per heavy atom. The first kappa shape index (κ1) is 13.6. The first-order chi connectivity index (χ1) is 8.26. The fourth-order valence-electron chi connectivity index (χ4n) is 2.77. The summed E-state index contributed by atoms with van der Waals surface area (Å²) in [6.07, 6.45) is 0. The van der Waals surface area contributed by atoms with Gasteiger partial charge < -0.3 is 5.32 Å². The van der Waals surface area contributed by atoms with Gasteiger partial charge in [0.1, 0.15) is 0 Å². The Morgan fingerprint density at radius 2 is 1.89 bits per heavy atom. The summed E-state index contributed by atoms with van der Waals surface area (Å²) < 4.78 is 0.933. The molecular formula is C15H20BrNO. The molecule has 0 spiro atoms. The average molecular weight is 310 g/mol. The molecule has 3 heteroatoms. The summed E-state index contributed by atoms with van der Waals surface area (Å²) in [6.45, 7) is 9.82. The summed E-state index contributed by atoms with van der Waals surface area (Å²) in [5.41, 5.74) is 1.34. The fourth-order valence-corrected chi connectivity index (χ4v) is 3.17. The molecule has 1 amide bonds. The summed E-state index contributed by atoms with van der Waals surface area (Å²) >= 11 is 3.38. The van der Waals surface area contributed by atoms with Gasteiger partial charge in [0.2, 0.25) is 0 Å². The molecule has 1 aromatic carbocycles. The van der Waals surface area contributed by atoms with Crippen molar-refractivity contribution in [2.45, 2.75) is 27.7 Å². The molecule has 1 aliphatic carbocycles. The molecule has 1 saturated carbocycles. The van der Waals surface area contributed by atoms with Crippen molar-refractivity contribution in [1.29, 1.82) is 0 Å². The van der Waals surface area contributed by atoms with Crippen molar-refractivity contribution in [3.63, 3.8) is 0 Å². The van der Waals surface area contributed by atoms with E-state index in [1.54, 1.807) is 0 Å². The summed E-state index contributed by atoms with van der Waals surface area (Å²) in [5.74, 6) is 0.566. The molecule has 2 nitrogen and oxygen atoms in total. The van der Waals surface area contributed by atoms with E-state index in [0.717, 1.165) is 11.0 Å². The second kappa shape index (κ2) is 4.37. The lowest BCUT2D eigenvalue weighted by molar-refractivity contribution is 0.0950. The molecule has 18 heavy (non-hydrogen) atoms. The highest BCUT2D eigenvalue weighted by molar-refractivity contribution is 9.10. The maximum Gasteiger partial charge on any atom is 0.251 e. The van der Waals surface area contributed by atoms with E-state index < -0.39 is 0 Å². The maximum atomic E-state index is 12.0. The standard InChI is InChI=1S/C15H20BrNO/c1-14(2)12(15(14,3)4)9-17-13(18)10-6-5-7-11(16)8-10/h5-8,12H,9H2,1-4H3,(H,17,18). The number of hydrogen-bond donors (Lipinski definition) is 1. The van der Waals surface area contributed by atoms with Gasteiger partial charge in [-0.15, -0.1) is 0 Å². The van der Waals surface area contributed by atoms with Crippen LogP contribution in [0.4, 0.5) is 0 Å². The van der Waals surface area contributed by atoms with Crippen LogP contribution in [0.2, 0.25) is 0 Å². The van der Waals surface area contributed by atoms with Crippen LogP contribution in [0.3, 0.4) is 0 Å². The first-order valence-electron chi connectivity index (χ1n) is 6.30. The molecule has 1 N–H and O–H groups in total. The quantitative estimate of drug-likeness (QED) is 0.902. The lowest BCUT2D eigenvalue weighted by Crippen LogP contribution is -2.27. The molecule has 0 aliphatic heterocycles. The van der Waals surface area contributed by atoms with Crippen molar-refractivity contribution < 1.29 is 4.79 Å². The van der Waals surface area contributed by atoms with Crippen LogP contribution in [0.5, 0.6) is 0 Å². The first-order valence-corrected chi connectivity index (χ1v) is 7.10. The van der Waals surface area contributed by atoms with E-state index >= 15 is 0 Å². The number of halogens is 1. The van der Waals surface area contributed by atoms with Crippen LogP contribution in [0, 0.1) is 16.7 Å². The van der Waals surface area contributed by atoms with Crippen molar-refractivity contribution in [3.8, 4) is 0 Å². The average Bonchev–Trinajstić information content (AvgIpc) is 2.66. The Labute approximate surface area is 117 Å². The van der Waals surface area contributed by atoms with Gasteiger partial charge in [-0.2, -0.15) is 0 Å². The molecule has 2 rings (SSSR count). The lowest BCUT2D eigenvalue weighted by atomic mass is 10.0. The van der Waals surface area contributed by atoms with Gasteiger partial charge in [-0.3, -0.25) is 4.79 Å². The molecule has 0 bridgehead atoms. The van der Waals surface area contributed by atoms with Crippen LogP contribution in [0.15, 0.2) is 28.7 Å². The summed E-state index contributed by atoms with van der Waals surface area (Å²) in [4.78, 5) is 12.0. The van der Waals surface area contributed by atoms with E-state index in [9.17, 15) is 4.79 Å². The highest BCUT2D eigenvalue weighted by Crippen LogP contribution is 2.67. The highest BCUT2D eigenvalue weighted by Gasteiger charge is 2.64. The number of amides is 1. The van der Waals surface area contributed by atoms with Crippen molar-refractivity contribution >= 4 is 21.8 Å². The zero-order valence-electron chi connectivity index (χ0n) is 11.4. The summed E-state index contributed by atoms with van der Waals surface area (Å²) in [5, 5.41) is 3.04. The van der Waals surface area contributed by atoms with Crippen LogP contribution < -0.4 is 5.32 Å². The fraction of sp³-hybridized carbons (Fsp3) is 0.533. The minimum Gasteiger partial charge on any atom is -0.352 e. The number of hydrogen-bond acceptors (Lipinski definition) is 1. The lowest BCUT2D eigenvalue weighted by Gasteiger charge is -2.06. The van der Waals surface area contributed by atoms with E-state index in [1.165, 1.54) is 0 Å². The monoisotopic (exact) mass is 309 g/mol. The van der Waals surface area contributed by atoms with Crippen LogP contribution in [-0.2, 0) is 0 Å². The van der Waals surface area contributed by atoms with Gasteiger partial charge in [0.05, 0.1) is 0 Å². The Hall–Kier alpha value is -0.830. The van der Waals surface area contributed by atoms with Gasteiger partial charge in [-0.05, 0) is 34.9 Å². The van der Waals surface area contributed by atoms with Gasteiger partial charge in [0, 0.05) is 16.6 Å². The molecule has 0 heterocycles. The maximum absolute atomic E-state index is 12.0. The van der Waals surface area contributed by atoms with E-state index in [2.05, 4.69) is 48.9 Å². The third kappa shape index (κ3) is 2.20. The van der Waals surface area contributed by atoms with Crippen LogP contribution >= 0.6 is 15.9 Å². The molecule has 98 valence electrons. The zero-order valence-corrected chi connectivity index (χ0v) is 13.0. The molecule has 0 unspecified atom stereocenters. The molecular weight excluding hydrogens is 290 g/mol. The van der Waals surface area contributed by atoms with Crippen molar-refractivity contribution in [3.05, 3.63) is 34.3 Å². The Kier molecular flexibility index (Phi) is 3.30. The number of benzene rings is 1. The van der Waals surface area contributed by atoms with Gasteiger partial charge in [-0.25, -0.2) is 0 Å². The molecule has 0 aromatic heterocycles. The number of rotatable bonds is 3. The number of nitrogens with one attached hydrogen (secondary N) is 1. The minimum atomic E-state index is 0.00907. The van der Waals surface area contributed by atoms with Gasteiger partial charge in [0.15, 0.2) is 0 Å². The highest BCUT2D eigenvalue weighted by atomic mass is 79.9. The smallest absolute Gasteiger partial charge is 0.251 e. The SMILES string of the molecule is CC1(C)C(CNC(=O)c2cccc(Br)c2)C1(C)C. The molecule has 0 saturated heterocycles. The largest absolute Gasteiger partial charge is 0.352 e.